The number of Topliss-reactive ketones (excluding diaryl/α,β-unsaturated/α-hetero) is 1. The van der Waals surface area contributed by atoms with Crippen molar-refractivity contribution in [1.29, 1.82) is 0 Å². The Morgan fingerprint density at radius 1 is 1.06 bits per heavy atom. The minimum Gasteiger partial charge on any atom is -0.508 e. The summed E-state index contributed by atoms with van der Waals surface area (Å²) in [6, 6.07) is 15.2. The van der Waals surface area contributed by atoms with Crippen LogP contribution in [0.5, 0.6) is 5.75 Å². The molecule has 1 aromatic heterocycles. The maximum Gasteiger partial charge on any atom is 0.296 e. The number of non-ortho nitro benzene ring substituents is 1. The van der Waals surface area contributed by atoms with E-state index < -0.39 is 28.4 Å². The Morgan fingerprint density at radius 3 is 2.44 bits per heavy atom. The Balaban J connectivity index is 1.85. The fraction of sp³-hybridized carbons (Fsp3) is 0.0870. The van der Waals surface area contributed by atoms with Gasteiger partial charge in [-0.25, -0.2) is 0 Å². The van der Waals surface area contributed by atoms with Crippen molar-refractivity contribution in [2.45, 2.75) is 12.6 Å². The summed E-state index contributed by atoms with van der Waals surface area (Å²) in [6.07, 6.45) is 1.56. The number of nitro benzene ring substituents is 1. The molecule has 1 amide bonds. The van der Waals surface area contributed by atoms with Crippen LogP contribution in [0.4, 0.5) is 5.69 Å². The van der Waals surface area contributed by atoms with Crippen molar-refractivity contribution in [3.8, 4) is 5.75 Å². The molecular weight excluding hydrogens is 414 g/mol. The van der Waals surface area contributed by atoms with Crippen molar-refractivity contribution >= 4 is 23.1 Å². The van der Waals surface area contributed by atoms with Crippen LogP contribution >= 0.6 is 0 Å². The zero-order chi connectivity index (χ0) is 22.8. The predicted molar refractivity (Wildman–Crippen MR) is 113 cm³/mol. The molecular formula is C23H17N3O6. The van der Waals surface area contributed by atoms with Crippen molar-refractivity contribution in [1.82, 2.24) is 9.88 Å². The van der Waals surface area contributed by atoms with Gasteiger partial charge in [-0.3, -0.25) is 24.7 Å². The van der Waals surface area contributed by atoms with E-state index >= 15 is 0 Å². The van der Waals surface area contributed by atoms with Gasteiger partial charge in [-0.15, -0.1) is 0 Å². The first-order valence-corrected chi connectivity index (χ1v) is 9.59. The molecule has 0 bridgehead atoms. The number of phenols is 1. The quantitative estimate of drug-likeness (QED) is 0.208. The first-order chi connectivity index (χ1) is 15.4. The highest BCUT2D eigenvalue weighted by Crippen LogP contribution is 2.41. The van der Waals surface area contributed by atoms with Gasteiger partial charge in [0.25, 0.3) is 17.4 Å². The Labute approximate surface area is 182 Å². The van der Waals surface area contributed by atoms with Crippen LogP contribution < -0.4 is 0 Å². The average Bonchev–Trinajstić information content (AvgIpc) is 3.04. The van der Waals surface area contributed by atoms with Gasteiger partial charge in [-0.1, -0.05) is 18.2 Å². The summed E-state index contributed by atoms with van der Waals surface area (Å²) in [6.45, 7) is 0.00276. The Hall–Kier alpha value is -4.53. The van der Waals surface area contributed by atoms with Crippen LogP contribution in [0.25, 0.3) is 5.76 Å². The Bertz CT molecular complexity index is 1240. The number of nitrogens with zero attached hydrogens (tertiary/aromatic N) is 3. The fourth-order valence-corrected chi connectivity index (χ4v) is 3.65. The number of phenolic OH excluding ortho intramolecular Hbond substituents is 1. The van der Waals surface area contributed by atoms with Crippen molar-refractivity contribution in [3.05, 3.63) is 105 Å². The molecule has 2 N–H and O–H groups in total. The molecule has 1 unspecified atom stereocenters. The number of hydrogen-bond donors (Lipinski definition) is 2. The van der Waals surface area contributed by atoms with E-state index in [-0.39, 0.29) is 29.1 Å². The number of carbonyl (C=O) groups is 2. The molecule has 1 atom stereocenters. The van der Waals surface area contributed by atoms with Gasteiger partial charge < -0.3 is 15.1 Å². The van der Waals surface area contributed by atoms with E-state index in [0.717, 1.165) is 0 Å². The number of ketones is 1. The summed E-state index contributed by atoms with van der Waals surface area (Å²) in [5.74, 6) is -2.26. The lowest BCUT2D eigenvalue weighted by Gasteiger charge is -2.25. The van der Waals surface area contributed by atoms with Crippen LogP contribution in [-0.2, 0) is 16.1 Å². The molecule has 9 nitrogen and oxygen atoms in total. The average molecular weight is 431 g/mol. The molecule has 160 valence electrons. The summed E-state index contributed by atoms with van der Waals surface area (Å²) >= 11 is 0. The highest BCUT2D eigenvalue weighted by Gasteiger charge is 2.46. The van der Waals surface area contributed by atoms with E-state index in [1.165, 1.54) is 41.3 Å². The second-order valence-electron chi connectivity index (χ2n) is 7.15. The highest BCUT2D eigenvalue weighted by molar-refractivity contribution is 6.46. The number of hydrogen-bond acceptors (Lipinski definition) is 7. The van der Waals surface area contributed by atoms with E-state index in [9.17, 15) is 29.9 Å². The van der Waals surface area contributed by atoms with Crippen LogP contribution in [0.15, 0.2) is 78.5 Å². The first-order valence-electron chi connectivity index (χ1n) is 9.59. The zero-order valence-electron chi connectivity index (χ0n) is 16.6. The molecule has 4 rings (SSSR count). The molecule has 32 heavy (non-hydrogen) atoms. The van der Waals surface area contributed by atoms with E-state index in [1.54, 1.807) is 36.5 Å². The predicted octanol–water partition coefficient (Wildman–Crippen LogP) is 3.32. The van der Waals surface area contributed by atoms with Gasteiger partial charge in [0.2, 0.25) is 0 Å². The maximum absolute atomic E-state index is 13.0. The van der Waals surface area contributed by atoms with Crippen LogP contribution in [-0.4, -0.2) is 36.7 Å². The van der Waals surface area contributed by atoms with Crippen molar-refractivity contribution in [2.24, 2.45) is 0 Å². The summed E-state index contributed by atoms with van der Waals surface area (Å²) < 4.78 is 0. The number of amides is 1. The van der Waals surface area contributed by atoms with Crippen LogP contribution in [0, 0.1) is 10.1 Å². The molecule has 1 saturated heterocycles. The number of pyridine rings is 1. The van der Waals surface area contributed by atoms with Crippen molar-refractivity contribution < 1.29 is 24.7 Å². The molecule has 1 aliphatic rings. The van der Waals surface area contributed by atoms with Crippen molar-refractivity contribution in [3.63, 3.8) is 0 Å². The molecule has 0 radical (unpaired) electrons. The van der Waals surface area contributed by atoms with Gasteiger partial charge in [0.15, 0.2) is 0 Å². The van der Waals surface area contributed by atoms with E-state index in [2.05, 4.69) is 4.98 Å². The van der Waals surface area contributed by atoms with Gasteiger partial charge in [0.05, 0.1) is 28.8 Å². The van der Waals surface area contributed by atoms with E-state index in [1.807, 2.05) is 0 Å². The minimum atomic E-state index is -0.987. The van der Waals surface area contributed by atoms with E-state index in [4.69, 9.17) is 0 Å². The summed E-state index contributed by atoms with van der Waals surface area (Å²) in [5, 5.41) is 31.8. The standard InChI is InChI=1S/C23H17N3O6/c27-18-6-3-4-15(12-18)20-19(21(28)14-7-9-17(10-8-14)26(31)32)22(29)23(30)25(20)13-16-5-1-2-11-24-16/h1-12,20,27-28H,13H2/b21-19-. The molecule has 2 aromatic carbocycles. The zero-order valence-corrected chi connectivity index (χ0v) is 16.6. The third-order valence-electron chi connectivity index (χ3n) is 5.14. The monoisotopic (exact) mass is 431 g/mol. The lowest BCUT2D eigenvalue weighted by atomic mass is 9.95. The highest BCUT2D eigenvalue weighted by atomic mass is 16.6. The largest absolute Gasteiger partial charge is 0.508 e. The normalized spacial score (nSPS) is 17.5. The molecule has 3 aromatic rings. The third kappa shape index (κ3) is 3.79. The fourth-order valence-electron chi connectivity index (χ4n) is 3.65. The molecule has 9 heteroatoms. The molecule has 2 heterocycles. The third-order valence-corrected chi connectivity index (χ3v) is 5.14. The number of aliphatic hydroxyl groups is 1. The molecule has 1 aliphatic heterocycles. The molecule has 1 fully saturated rings. The summed E-state index contributed by atoms with van der Waals surface area (Å²) in [7, 11) is 0. The molecule has 0 saturated carbocycles. The number of rotatable bonds is 5. The summed E-state index contributed by atoms with van der Waals surface area (Å²) in [5.41, 5.74) is 0.752. The number of aliphatic hydroxyl groups excluding tert-OH is 1. The van der Waals surface area contributed by atoms with Crippen LogP contribution in [0.3, 0.4) is 0 Å². The van der Waals surface area contributed by atoms with Gasteiger partial charge in [0, 0.05) is 23.9 Å². The number of aromatic nitrogens is 1. The van der Waals surface area contributed by atoms with Crippen LogP contribution in [0.1, 0.15) is 22.9 Å². The van der Waals surface area contributed by atoms with Gasteiger partial charge in [-0.05, 0) is 42.0 Å². The van der Waals surface area contributed by atoms with Gasteiger partial charge in [0.1, 0.15) is 11.5 Å². The second kappa shape index (κ2) is 8.31. The number of nitro groups is 1. The van der Waals surface area contributed by atoms with Crippen molar-refractivity contribution in [2.75, 3.05) is 0 Å². The van der Waals surface area contributed by atoms with Gasteiger partial charge >= 0.3 is 0 Å². The Kier molecular flexibility index (Phi) is 5.38. The first kappa shape index (κ1) is 20.7. The number of benzene rings is 2. The smallest absolute Gasteiger partial charge is 0.296 e. The topological polar surface area (TPSA) is 134 Å². The van der Waals surface area contributed by atoms with Crippen LogP contribution in [0.2, 0.25) is 0 Å². The Morgan fingerprint density at radius 2 is 1.81 bits per heavy atom. The summed E-state index contributed by atoms with van der Waals surface area (Å²) in [4.78, 5) is 41.7. The van der Waals surface area contributed by atoms with E-state index in [0.29, 0.717) is 11.3 Å². The SMILES string of the molecule is O=C1C(=O)N(Cc2ccccn2)C(c2cccc(O)c2)/C1=C(/O)c1ccc([N+](=O)[O-])cc1. The number of likely N-dealkylation sites (tertiary alicyclic amines) is 1. The minimum absolute atomic E-state index is 0.00276. The number of aromatic hydroxyl groups is 1. The second-order valence-corrected chi connectivity index (χ2v) is 7.15. The van der Waals surface area contributed by atoms with Gasteiger partial charge in [-0.2, -0.15) is 0 Å². The molecule has 0 spiro atoms. The lowest BCUT2D eigenvalue weighted by molar-refractivity contribution is -0.384. The lowest BCUT2D eigenvalue weighted by Crippen LogP contribution is -2.29. The molecule has 0 aliphatic carbocycles. The number of carbonyl (C=O) groups excluding carboxylic acids is 2. The maximum atomic E-state index is 13.0.